The lowest BCUT2D eigenvalue weighted by Crippen LogP contribution is -2.43. The first-order valence-electron chi connectivity index (χ1n) is 14.1. The molecule has 0 saturated heterocycles. The Balaban J connectivity index is 1.37. The smallest absolute Gasteiger partial charge is 0.263 e. The summed E-state index contributed by atoms with van der Waals surface area (Å²) in [6.45, 7) is 1.45. The Kier molecular flexibility index (Phi) is 7.49. The van der Waals surface area contributed by atoms with Crippen LogP contribution >= 0.6 is 11.8 Å². The Bertz CT molecular complexity index is 1660. The number of aromatic nitrogens is 2. The van der Waals surface area contributed by atoms with Crippen molar-refractivity contribution < 1.29 is 9.59 Å². The zero-order valence-electron chi connectivity index (χ0n) is 23.0. The molecule has 0 unspecified atom stereocenters. The first-order valence-corrected chi connectivity index (χ1v) is 15.0. The van der Waals surface area contributed by atoms with Gasteiger partial charge in [-0.15, -0.1) is 0 Å². The third kappa shape index (κ3) is 5.44. The van der Waals surface area contributed by atoms with Gasteiger partial charge in [-0.05, 0) is 61.2 Å². The summed E-state index contributed by atoms with van der Waals surface area (Å²) in [5, 5.41) is 6.12. The molecule has 0 bridgehead atoms. The first-order chi connectivity index (χ1) is 19.9. The lowest BCUT2D eigenvalue weighted by atomic mass is 9.62. The number of fused-ring (bicyclic) bond motifs is 4. The molecular weight excluding hydrogens is 532 g/mol. The summed E-state index contributed by atoms with van der Waals surface area (Å²) < 4.78 is 1.70. The second kappa shape index (κ2) is 11.4. The first kappa shape index (κ1) is 27.0. The second-order valence-corrected chi connectivity index (χ2v) is 11.8. The van der Waals surface area contributed by atoms with Crippen molar-refractivity contribution in [2.75, 3.05) is 16.4 Å². The Morgan fingerprint density at radius 3 is 2.24 bits per heavy atom. The third-order valence-corrected chi connectivity index (χ3v) is 8.97. The molecule has 41 heavy (non-hydrogen) atoms. The van der Waals surface area contributed by atoms with Crippen molar-refractivity contribution in [3.63, 3.8) is 0 Å². The van der Waals surface area contributed by atoms with E-state index in [-0.39, 0.29) is 28.5 Å². The van der Waals surface area contributed by atoms with Gasteiger partial charge in [0.25, 0.3) is 5.56 Å². The summed E-state index contributed by atoms with van der Waals surface area (Å²) in [4.78, 5) is 44.0. The second-order valence-electron chi connectivity index (χ2n) is 10.9. The molecule has 8 heteroatoms. The molecule has 6 rings (SSSR count). The molecule has 1 aromatic heterocycles. The zero-order chi connectivity index (χ0) is 28.4. The van der Waals surface area contributed by atoms with E-state index in [0.29, 0.717) is 16.5 Å². The normalized spacial score (nSPS) is 15.0. The number of carbonyl (C=O) groups excluding carboxylic acids is 2. The van der Waals surface area contributed by atoms with Crippen molar-refractivity contribution in [3.8, 4) is 16.9 Å². The molecule has 2 aliphatic rings. The average molecular weight is 565 g/mol. The highest BCUT2D eigenvalue weighted by Gasteiger charge is 2.43. The van der Waals surface area contributed by atoms with Gasteiger partial charge in [-0.2, -0.15) is 0 Å². The predicted molar refractivity (Wildman–Crippen MR) is 164 cm³/mol. The maximum absolute atomic E-state index is 14.5. The van der Waals surface area contributed by atoms with E-state index >= 15 is 0 Å². The summed E-state index contributed by atoms with van der Waals surface area (Å²) in [7, 11) is 0. The Hall–Kier alpha value is -4.17. The van der Waals surface area contributed by atoms with E-state index in [9.17, 15) is 14.4 Å². The summed E-state index contributed by atoms with van der Waals surface area (Å²) in [5.74, 6) is -0.284. The van der Waals surface area contributed by atoms with Gasteiger partial charge in [0.1, 0.15) is 0 Å². The van der Waals surface area contributed by atoms with Gasteiger partial charge in [0, 0.05) is 29.3 Å². The monoisotopic (exact) mass is 564 g/mol. The fraction of sp³-hybridized carbons (Fsp3) is 0.273. The molecule has 208 valence electrons. The molecule has 0 atom stereocenters. The quantitative estimate of drug-likeness (QED) is 0.210. The van der Waals surface area contributed by atoms with Crippen LogP contribution in [0.2, 0.25) is 0 Å². The molecule has 7 nitrogen and oxygen atoms in total. The molecule has 3 aromatic carbocycles. The molecule has 0 aliphatic heterocycles. The molecule has 2 N–H and O–H groups in total. The molecular formula is C33H32N4O3S. The standard InChI is InChI=1S/C33H32N4O3S/c1-22(38)34-24-14-16-25(17-15-24)35-28(39)21-41-32-36-30-27-13-7-6-10-23(27)20-33(18-8-3-9-19-33)29(30)31(40)37(32)26-11-4-2-5-12-26/h2,4-7,10-17H,3,8-9,18-21H2,1H3,(H,34,38)(H,35,39). The van der Waals surface area contributed by atoms with E-state index in [1.807, 2.05) is 36.4 Å². The van der Waals surface area contributed by atoms with Gasteiger partial charge in [0.2, 0.25) is 11.8 Å². The van der Waals surface area contributed by atoms with Crippen LogP contribution in [-0.2, 0) is 21.4 Å². The fourth-order valence-electron chi connectivity index (χ4n) is 6.26. The Morgan fingerprint density at radius 2 is 1.54 bits per heavy atom. The molecule has 1 spiro atoms. The number of nitrogens with zero attached hydrogens (tertiary/aromatic N) is 2. The van der Waals surface area contributed by atoms with E-state index in [1.165, 1.54) is 30.7 Å². The van der Waals surface area contributed by atoms with E-state index in [4.69, 9.17) is 4.98 Å². The largest absolute Gasteiger partial charge is 0.326 e. The van der Waals surface area contributed by atoms with Crippen molar-refractivity contribution in [2.24, 2.45) is 0 Å². The van der Waals surface area contributed by atoms with E-state index in [2.05, 4.69) is 28.8 Å². The van der Waals surface area contributed by atoms with Crippen LogP contribution < -0.4 is 16.2 Å². The number of hydrogen-bond donors (Lipinski definition) is 2. The topological polar surface area (TPSA) is 93.1 Å². The molecule has 0 radical (unpaired) electrons. The van der Waals surface area contributed by atoms with Crippen molar-refractivity contribution in [1.82, 2.24) is 9.55 Å². The van der Waals surface area contributed by atoms with Crippen molar-refractivity contribution in [1.29, 1.82) is 0 Å². The highest BCUT2D eigenvalue weighted by molar-refractivity contribution is 7.99. The van der Waals surface area contributed by atoms with Crippen LogP contribution in [0.5, 0.6) is 0 Å². The molecule has 1 heterocycles. The van der Waals surface area contributed by atoms with Crippen molar-refractivity contribution in [3.05, 3.63) is 100 Å². The number of anilines is 2. The van der Waals surface area contributed by atoms with Gasteiger partial charge in [0.15, 0.2) is 5.16 Å². The average Bonchev–Trinajstić information content (AvgIpc) is 2.97. The van der Waals surface area contributed by atoms with Crippen LogP contribution in [0.25, 0.3) is 16.9 Å². The molecule has 1 fully saturated rings. The summed E-state index contributed by atoms with van der Waals surface area (Å²) >= 11 is 1.26. The Morgan fingerprint density at radius 1 is 0.878 bits per heavy atom. The predicted octanol–water partition coefficient (Wildman–Crippen LogP) is 6.35. The number of hydrogen-bond acceptors (Lipinski definition) is 5. The number of rotatable bonds is 6. The summed E-state index contributed by atoms with van der Waals surface area (Å²) in [5.41, 5.74) is 5.62. The Labute approximate surface area is 243 Å². The van der Waals surface area contributed by atoms with E-state index < -0.39 is 0 Å². The van der Waals surface area contributed by atoms with Gasteiger partial charge < -0.3 is 10.6 Å². The minimum Gasteiger partial charge on any atom is -0.326 e. The fourth-order valence-corrected chi connectivity index (χ4v) is 7.06. The van der Waals surface area contributed by atoms with Gasteiger partial charge in [0.05, 0.1) is 22.7 Å². The van der Waals surface area contributed by atoms with E-state index in [1.54, 1.807) is 28.8 Å². The lowest BCUT2D eigenvalue weighted by molar-refractivity contribution is -0.114. The highest BCUT2D eigenvalue weighted by Crippen LogP contribution is 2.49. The zero-order valence-corrected chi connectivity index (χ0v) is 23.8. The molecule has 4 aromatic rings. The molecule has 2 amide bonds. The number of para-hydroxylation sites is 1. The van der Waals surface area contributed by atoms with Gasteiger partial charge in [-0.1, -0.05) is 73.5 Å². The number of benzene rings is 3. The van der Waals surface area contributed by atoms with Crippen molar-refractivity contribution in [2.45, 2.75) is 56.0 Å². The highest BCUT2D eigenvalue weighted by atomic mass is 32.2. The van der Waals surface area contributed by atoms with Crippen LogP contribution in [-0.4, -0.2) is 27.1 Å². The lowest BCUT2D eigenvalue weighted by Gasteiger charge is -2.42. The van der Waals surface area contributed by atoms with Crippen molar-refractivity contribution >= 4 is 35.0 Å². The number of thioether (sulfide) groups is 1. The maximum atomic E-state index is 14.5. The van der Waals surface area contributed by atoms with Gasteiger partial charge in [-0.25, -0.2) is 4.98 Å². The van der Waals surface area contributed by atoms with Gasteiger partial charge >= 0.3 is 0 Å². The van der Waals surface area contributed by atoms with Gasteiger partial charge in [-0.3, -0.25) is 19.0 Å². The van der Waals surface area contributed by atoms with Crippen LogP contribution in [0, 0.1) is 0 Å². The minimum absolute atomic E-state index is 0.0333. The van der Waals surface area contributed by atoms with Crippen LogP contribution in [0.3, 0.4) is 0 Å². The van der Waals surface area contributed by atoms with Crippen LogP contribution in [0.4, 0.5) is 11.4 Å². The number of nitrogens with one attached hydrogen (secondary N) is 2. The number of amides is 2. The third-order valence-electron chi connectivity index (χ3n) is 8.03. The molecule has 2 aliphatic carbocycles. The van der Waals surface area contributed by atoms with Crippen LogP contribution in [0.1, 0.15) is 50.2 Å². The SMILES string of the molecule is CC(=O)Nc1ccc(NC(=O)CSc2nc3c(c(=O)n2-c2ccccc2)C2(CCCCC2)Cc2ccccc2-3)cc1. The summed E-state index contributed by atoms with van der Waals surface area (Å²) in [6, 6.07) is 24.8. The van der Waals surface area contributed by atoms with Crippen LogP contribution in [0.15, 0.2) is 88.8 Å². The van der Waals surface area contributed by atoms with E-state index in [0.717, 1.165) is 54.6 Å². The molecule has 1 saturated carbocycles. The maximum Gasteiger partial charge on any atom is 0.263 e. The number of carbonyl (C=O) groups is 2. The summed E-state index contributed by atoms with van der Waals surface area (Å²) in [6.07, 6.45) is 6.23. The minimum atomic E-state index is -0.216.